The first kappa shape index (κ1) is 12.1. The van der Waals surface area contributed by atoms with Crippen LogP contribution in [0.2, 0.25) is 0 Å². The fraction of sp³-hybridized carbons (Fsp3) is 0.692. The van der Waals surface area contributed by atoms with Crippen molar-refractivity contribution in [1.29, 1.82) is 0 Å². The van der Waals surface area contributed by atoms with Gasteiger partial charge < -0.3 is 10.6 Å². The number of thioether (sulfide) groups is 1. The predicted octanol–water partition coefficient (Wildman–Crippen LogP) is 2.19. The van der Waals surface area contributed by atoms with Gasteiger partial charge in [-0.05, 0) is 31.9 Å². The summed E-state index contributed by atoms with van der Waals surface area (Å²) < 4.78 is 0. The van der Waals surface area contributed by atoms with E-state index >= 15 is 0 Å². The van der Waals surface area contributed by atoms with Gasteiger partial charge in [0, 0.05) is 30.3 Å². The molecule has 1 aromatic heterocycles. The van der Waals surface area contributed by atoms with E-state index in [-0.39, 0.29) is 0 Å². The molecule has 3 rings (SSSR count). The third-order valence-corrected chi connectivity index (χ3v) is 4.69. The van der Waals surface area contributed by atoms with E-state index in [1.807, 2.05) is 18.7 Å². The highest BCUT2D eigenvalue weighted by molar-refractivity contribution is 7.99. The van der Waals surface area contributed by atoms with Crippen LogP contribution in [0.25, 0.3) is 0 Å². The monoisotopic (exact) mass is 264 g/mol. The van der Waals surface area contributed by atoms with Crippen molar-refractivity contribution in [2.24, 2.45) is 0 Å². The molecule has 18 heavy (non-hydrogen) atoms. The van der Waals surface area contributed by atoms with E-state index in [1.165, 1.54) is 30.8 Å². The number of hydrogen-bond donors (Lipinski definition) is 1. The molecule has 98 valence electrons. The lowest BCUT2D eigenvalue weighted by Crippen LogP contribution is -2.28. The number of nitrogens with zero attached hydrogens (tertiary/aromatic N) is 3. The standard InChI is InChI=1S/C13H20N4S/c1-9-11(14)15-12(10-3-4-10)16-13(9)17-5-2-7-18-8-6-17/h10H,2-8H2,1H3,(H2,14,15,16). The molecular formula is C13H20N4S. The van der Waals surface area contributed by atoms with Gasteiger partial charge in [-0.3, -0.25) is 0 Å². The third kappa shape index (κ3) is 2.41. The summed E-state index contributed by atoms with van der Waals surface area (Å²) in [4.78, 5) is 11.6. The molecule has 0 radical (unpaired) electrons. The average molecular weight is 264 g/mol. The Morgan fingerprint density at radius 3 is 2.83 bits per heavy atom. The van der Waals surface area contributed by atoms with E-state index in [4.69, 9.17) is 10.7 Å². The zero-order valence-corrected chi connectivity index (χ0v) is 11.7. The van der Waals surface area contributed by atoms with Crippen molar-refractivity contribution in [3.8, 4) is 0 Å². The van der Waals surface area contributed by atoms with Crippen LogP contribution in [0, 0.1) is 6.92 Å². The first-order valence-electron chi connectivity index (χ1n) is 6.72. The molecule has 5 heteroatoms. The summed E-state index contributed by atoms with van der Waals surface area (Å²) in [5.41, 5.74) is 7.10. The summed E-state index contributed by atoms with van der Waals surface area (Å²) in [6, 6.07) is 0. The Labute approximate surface area is 112 Å². The summed E-state index contributed by atoms with van der Waals surface area (Å²) in [6.45, 7) is 4.21. The second kappa shape index (κ2) is 4.96. The molecule has 1 saturated heterocycles. The molecule has 0 aromatic carbocycles. The number of anilines is 2. The first-order valence-corrected chi connectivity index (χ1v) is 7.88. The van der Waals surface area contributed by atoms with Crippen LogP contribution < -0.4 is 10.6 Å². The van der Waals surface area contributed by atoms with Crippen molar-refractivity contribution >= 4 is 23.4 Å². The minimum Gasteiger partial charge on any atom is -0.383 e. The summed E-state index contributed by atoms with van der Waals surface area (Å²) in [6.07, 6.45) is 3.67. The predicted molar refractivity (Wildman–Crippen MR) is 77.3 cm³/mol. The zero-order valence-electron chi connectivity index (χ0n) is 10.9. The molecule has 1 saturated carbocycles. The minimum absolute atomic E-state index is 0.563. The van der Waals surface area contributed by atoms with Crippen LogP contribution in [0.15, 0.2) is 0 Å². The highest BCUT2D eigenvalue weighted by Gasteiger charge is 2.28. The van der Waals surface area contributed by atoms with Gasteiger partial charge in [-0.15, -0.1) is 0 Å². The van der Waals surface area contributed by atoms with Crippen molar-refractivity contribution in [2.45, 2.75) is 32.1 Å². The molecule has 1 aliphatic carbocycles. The van der Waals surface area contributed by atoms with Crippen molar-refractivity contribution in [3.05, 3.63) is 11.4 Å². The summed E-state index contributed by atoms with van der Waals surface area (Å²) in [5.74, 6) is 5.71. The maximum absolute atomic E-state index is 6.05. The molecule has 2 aliphatic rings. The van der Waals surface area contributed by atoms with E-state index in [9.17, 15) is 0 Å². The molecular weight excluding hydrogens is 244 g/mol. The number of nitrogens with two attached hydrogens (primary N) is 1. The molecule has 0 amide bonds. The number of nitrogen functional groups attached to an aromatic ring is 1. The highest BCUT2D eigenvalue weighted by atomic mass is 32.2. The lowest BCUT2D eigenvalue weighted by Gasteiger charge is -2.24. The molecule has 0 atom stereocenters. The average Bonchev–Trinajstić information content (AvgIpc) is 3.18. The van der Waals surface area contributed by atoms with Gasteiger partial charge in [-0.25, -0.2) is 9.97 Å². The maximum atomic E-state index is 6.05. The van der Waals surface area contributed by atoms with Crippen molar-refractivity contribution in [2.75, 3.05) is 35.2 Å². The number of hydrogen-bond acceptors (Lipinski definition) is 5. The van der Waals surface area contributed by atoms with Gasteiger partial charge in [0.25, 0.3) is 0 Å². The second-order valence-corrected chi connectivity index (χ2v) is 6.37. The summed E-state index contributed by atoms with van der Waals surface area (Å²) in [5, 5.41) is 0. The van der Waals surface area contributed by atoms with E-state index < -0.39 is 0 Å². The largest absolute Gasteiger partial charge is 0.383 e. The van der Waals surface area contributed by atoms with E-state index in [0.29, 0.717) is 11.7 Å². The van der Waals surface area contributed by atoms with Crippen LogP contribution >= 0.6 is 11.8 Å². The smallest absolute Gasteiger partial charge is 0.137 e. The van der Waals surface area contributed by atoms with E-state index in [1.54, 1.807) is 0 Å². The van der Waals surface area contributed by atoms with Gasteiger partial charge in [-0.1, -0.05) is 0 Å². The van der Waals surface area contributed by atoms with Crippen LogP contribution in [0.4, 0.5) is 11.6 Å². The molecule has 1 aliphatic heterocycles. The molecule has 4 nitrogen and oxygen atoms in total. The normalized spacial score (nSPS) is 20.8. The van der Waals surface area contributed by atoms with Gasteiger partial charge in [0.1, 0.15) is 17.5 Å². The van der Waals surface area contributed by atoms with Crippen LogP contribution in [0.5, 0.6) is 0 Å². The fourth-order valence-corrected chi connectivity index (χ4v) is 3.22. The Morgan fingerprint density at radius 2 is 2.06 bits per heavy atom. The molecule has 1 aromatic rings. The Balaban J connectivity index is 1.92. The zero-order chi connectivity index (χ0) is 12.5. The van der Waals surface area contributed by atoms with Gasteiger partial charge >= 0.3 is 0 Å². The van der Waals surface area contributed by atoms with Gasteiger partial charge in [0.05, 0.1) is 0 Å². The Morgan fingerprint density at radius 1 is 1.22 bits per heavy atom. The molecule has 2 N–H and O–H groups in total. The van der Waals surface area contributed by atoms with Gasteiger partial charge in [0.15, 0.2) is 0 Å². The molecule has 0 bridgehead atoms. The van der Waals surface area contributed by atoms with Crippen LogP contribution in [0.3, 0.4) is 0 Å². The number of rotatable bonds is 2. The fourth-order valence-electron chi connectivity index (χ4n) is 2.33. The second-order valence-electron chi connectivity index (χ2n) is 5.14. The highest BCUT2D eigenvalue weighted by Crippen LogP contribution is 2.39. The quantitative estimate of drug-likeness (QED) is 0.887. The van der Waals surface area contributed by atoms with Gasteiger partial charge in [0.2, 0.25) is 0 Å². The Kier molecular flexibility index (Phi) is 3.33. The SMILES string of the molecule is Cc1c(N)nc(C2CC2)nc1N1CCCSCC1. The molecule has 0 unspecified atom stereocenters. The lowest BCUT2D eigenvalue weighted by atomic mass is 10.2. The van der Waals surface area contributed by atoms with Crippen LogP contribution in [-0.2, 0) is 0 Å². The Bertz CT molecular complexity index is 437. The third-order valence-electron chi connectivity index (χ3n) is 3.64. The summed E-state index contributed by atoms with van der Waals surface area (Å²) >= 11 is 2.03. The van der Waals surface area contributed by atoms with Crippen molar-refractivity contribution < 1.29 is 0 Å². The first-order chi connectivity index (χ1) is 8.75. The summed E-state index contributed by atoms with van der Waals surface area (Å²) in [7, 11) is 0. The molecule has 2 heterocycles. The van der Waals surface area contributed by atoms with Crippen molar-refractivity contribution in [3.63, 3.8) is 0 Å². The van der Waals surface area contributed by atoms with Crippen LogP contribution in [-0.4, -0.2) is 34.6 Å². The van der Waals surface area contributed by atoms with Crippen LogP contribution in [0.1, 0.15) is 36.6 Å². The van der Waals surface area contributed by atoms with Crippen molar-refractivity contribution in [1.82, 2.24) is 9.97 Å². The molecule has 0 spiro atoms. The topological polar surface area (TPSA) is 55.0 Å². The number of aromatic nitrogens is 2. The minimum atomic E-state index is 0.563. The maximum Gasteiger partial charge on any atom is 0.137 e. The molecule has 2 fully saturated rings. The van der Waals surface area contributed by atoms with E-state index in [0.717, 1.165) is 30.3 Å². The van der Waals surface area contributed by atoms with Gasteiger partial charge in [-0.2, -0.15) is 11.8 Å². The Hall–Kier alpha value is -0.970. The lowest BCUT2D eigenvalue weighted by molar-refractivity contribution is 0.782. The van der Waals surface area contributed by atoms with E-state index in [2.05, 4.69) is 9.88 Å².